The Morgan fingerprint density at radius 3 is 0.677 bits per heavy atom. The van der Waals surface area contributed by atoms with Crippen molar-refractivity contribution in [2.24, 2.45) is 0 Å². The Hall–Kier alpha value is -8.07. The molecule has 1 aromatic heterocycles. The minimum atomic E-state index is -5.96. The highest BCUT2D eigenvalue weighted by atomic mass is 27.2. The number of benzene rings is 8. The first-order valence-electron chi connectivity index (χ1n) is 27.5. The van der Waals surface area contributed by atoms with Crippen LogP contribution in [0, 0.1) is 175 Å². The Balaban J connectivity index is 0.000000204. The predicted octanol–water partition coefficient (Wildman–Crippen LogP) is 16.4. The molecule has 0 saturated carbocycles. The highest BCUT2D eigenvalue weighted by Gasteiger charge is 2.49. The SMILES string of the molecule is CCCCCCCCCCCc1nc(-c2ccccc2)c(-c2ccccc2)[nH]1.Fc1c(F)c(F)[c]([Al]([c]2c(F)c(F)c(F)c(F)c2F)[c]2c(F)c(F)c(F)c(F)c2F)c(F)c1F.Fc1c(F)c(F)[c]([Al]([c]2c(F)c(F)c(F)c(F)c2F)[c]2c(F)c(F)c(F)c(F)c2F)c(F)c1F. The van der Waals surface area contributed by atoms with E-state index >= 15 is 0 Å². The summed E-state index contributed by atoms with van der Waals surface area (Å²) >= 11 is -11.9. The van der Waals surface area contributed by atoms with Crippen LogP contribution in [0.25, 0.3) is 22.5 Å². The summed E-state index contributed by atoms with van der Waals surface area (Å²) in [6.07, 6.45) is 13.2. The molecule has 0 spiro atoms. The molecule has 0 bridgehead atoms. The topological polar surface area (TPSA) is 28.7 Å². The number of hydrogen-bond donors (Lipinski definition) is 1. The fourth-order valence-corrected chi connectivity index (χ4v) is 16.2. The Morgan fingerprint density at radius 1 is 0.250 bits per heavy atom. The summed E-state index contributed by atoms with van der Waals surface area (Å²) < 4.78 is 403. The van der Waals surface area contributed by atoms with Gasteiger partial charge in [0.2, 0.25) is 0 Å². The van der Waals surface area contributed by atoms with E-state index in [9.17, 15) is 132 Å². The summed E-state index contributed by atoms with van der Waals surface area (Å²) in [5, 5.41) is 0. The monoisotopic (exact) mass is 1430 g/mol. The molecule has 0 aliphatic heterocycles. The van der Waals surface area contributed by atoms with Crippen LogP contribution in [-0.4, -0.2) is 38.3 Å². The fraction of sp³-hybridized carbons (Fsp3) is 0.177. The van der Waals surface area contributed by atoms with Gasteiger partial charge in [-0.2, -0.15) is 0 Å². The molecule has 0 amide bonds. The van der Waals surface area contributed by atoms with Crippen molar-refractivity contribution in [2.75, 3.05) is 0 Å². The van der Waals surface area contributed by atoms with Gasteiger partial charge in [0, 0.05) is 17.5 Å². The van der Waals surface area contributed by atoms with Crippen LogP contribution in [0.15, 0.2) is 60.7 Å². The average molecular weight is 1430 g/mol. The second-order valence-electron chi connectivity index (χ2n) is 20.5. The number of unbranched alkanes of at least 4 members (excludes halogenated alkanes) is 8. The van der Waals surface area contributed by atoms with E-state index in [1.165, 1.54) is 68.9 Å². The average Bonchev–Trinajstić information content (AvgIpc) is 0.886. The van der Waals surface area contributed by atoms with Gasteiger partial charge in [-0.15, -0.1) is 0 Å². The van der Waals surface area contributed by atoms with Crippen LogP contribution < -0.4 is 26.6 Å². The molecule has 1 heterocycles. The lowest BCUT2D eigenvalue weighted by Crippen LogP contribution is -2.60. The minimum Gasteiger partial charge on any atom is -0.341 e. The summed E-state index contributed by atoms with van der Waals surface area (Å²) in [6, 6.07) is 21.1. The molecule has 96 heavy (non-hydrogen) atoms. The molecule has 8 aromatic carbocycles. The first kappa shape index (κ1) is 75.3. The third kappa shape index (κ3) is 14.5. The molecule has 0 saturated heterocycles. The van der Waals surface area contributed by atoms with Crippen molar-refractivity contribution in [3.05, 3.63) is 241 Å². The summed E-state index contributed by atoms with van der Waals surface area (Å²) in [7, 11) is 0. The van der Waals surface area contributed by atoms with Crippen molar-refractivity contribution in [2.45, 2.75) is 71.1 Å². The number of hydrogen-bond acceptors (Lipinski definition) is 1. The molecule has 1 N–H and O–H groups in total. The van der Waals surface area contributed by atoms with Crippen molar-refractivity contribution in [3.63, 3.8) is 0 Å². The Kier molecular flexibility index (Phi) is 24.7. The number of aromatic amines is 1. The third-order valence-electron chi connectivity index (χ3n) is 14.6. The van der Waals surface area contributed by atoms with Crippen LogP contribution in [0.1, 0.15) is 70.5 Å². The van der Waals surface area contributed by atoms with Gasteiger partial charge in [0.1, 0.15) is 5.82 Å². The van der Waals surface area contributed by atoms with Crippen molar-refractivity contribution in [1.29, 1.82) is 0 Å². The molecule has 2 nitrogen and oxygen atoms in total. The molecule has 0 aliphatic rings. The second-order valence-corrected chi connectivity index (χ2v) is 25.7. The van der Waals surface area contributed by atoms with Gasteiger partial charge in [0.25, 0.3) is 0 Å². The fourth-order valence-electron chi connectivity index (χ4n) is 9.88. The van der Waals surface area contributed by atoms with Gasteiger partial charge < -0.3 is 4.98 Å². The molecule has 9 rings (SSSR count). The number of H-pyrrole nitrogens is 1. The summed E-state index contributed by atoms with van der Waals surface area (Å²) in [4.78, 5) is 8.58. The van der Waals surface area contributed by atoms with Crippen molar-refractivity contribution < 1.29 is 132 Å². The number of nitrogens with one attached hydrogen (secondary N) is 1. The van der Waals surface area contributed by atoms with Gasteiger partial charge in [0.05, 0.1) is 11.4 Å². The number of aryl methyl sites for hydroxylation is 1. The van der Waals surface area contributed by atoms with Gasteiger partial charge in [-0.05, 0) is 33.0 Å². The number of halogens is 30. The van der Waals surface area contributed by atoms with Crippen LogP contribution in [-0.2, 0) is 6.42 Å². The smallest absolute Gasteiger partial charge is 0.341 e. The largest absolute Gasteiger partial charge is 0.413 e. The molecule has 0 aliphatic carbocycles. The van der Waals surface area contributed by atoms with E-state index in [0.29, 0.717) is 0 Å². The first-order valence-corrected chi connectivity index (χ1v) is 30.9. The molecule has 0 unspecified atom stereocenters. The number of imidazole rings is 1. The van der Waals surface area contributed by atoms with E-state index < -0.39 is 229 Å². The zero-order valence-electron chi connectivity index (χ0n) is 47.8. The lowest BCUT2D eigenvalue weighted by atomic mass is 10.1. The van der Waals surface area contributed by atoms with Crippen LogP contribution in [0.5, 0.6) is 0 Å². The third-order valence-corrected chi connectivity index (χ3v) is 21.1. The van der Waals surface area contributed by atoms with Crippen molar-refractivity contribution in [3.8, 4) is 22.5 Å². The van der Waals surface area contributed by atoms with Crippen LogP contribution in [0.2, 0.25) is 0 Å². The summed E-state index contributed by atoms with van der Waals surface area (Å²) in [5.74, 6) is -88.0. The zero-order chi connectivity index (χ0) is 71.4. The van der Waals surface area contributed by atoms with Crippen LogP contribution >= 0.6 is 0 Å². The van der Waals surface area contributed by atoms with Crippen LogP contribution in [0.4, 0.5) is 132 Å². The Labute approximate surface area is 529 Å². The maximum Gasteiger partial charge on any atom is 0.413 e. The summed E-state index contributed by atoms with van der Waals surface area (Å²) in [6.45, 7) is 2.28. The Morgan fingerprint density at radius 2 is 0.448 bits per heavy atom. The summed E-state index contributed by atoms with van der Waals surface area (Å²) in [5.41, 5.74) is 4.58. The van der Waals surface area contributed by atoms with Gasteiger partial charge >= 0.3 is 28.3 Å². The van der Waals surface area contributed by atoms with E-state index in [0.717, 1.165) is 23.6 Å². The van der Waals surface area contributed by atoms with Gasteiger partial charge in [-0.1, -0.05) is 119 Å². The molecule has 0 fully saturated rings. The highest BCUT2D eigenvalue weighted by molar-refractivity contribution is 6.96. The number of nitrogens with zero attached hydrogens (tertiary/aromatic N) is 1. The molecule has 34 heteroatoms. The number of aromatic nitrogens is 2. The standard InChI is InChI=1S/C26H34N2.6C6F5.2Al/c1-2-3-4-5-6-7-8-9-16-21-24-27-25(22-17-12-10-13-18-22)26(28-24)23-19-14-11-15-20-23;6*7-2-1-3(8)5(10)6(11)4(2)9;;/h10-15,17-20H,2-9,16,21H2,1H3,(H,27,28);;;;;;;;. The molecule has 9 aromatic rings. The van der Waals surface area contributed by atoms with Crippen LogP contribution in [0.3, 0.4) is 0 Å². The van der Waals surface area contributed by atoms with E-state index in [-0.39, 0.29) is 0 Å². The molecule has 0 atom stereocenters. The highest BCUT2D eigenvalue weighted by Crippen LogP contribution is 2.32. The lowest BCUT2D eigenvalue weighted by Gasteiger charge is -2.20. The molecule has 0 radical (unpaired) electrons. The number of rotatable bonds is 18. The first-order chi connectivity index (χ1) is 45.2. The lowest BCUT2D eigenvalue weighted by molar-refractivity contribution is 0.380. The van der Waals surface area contributed by atoms with Crippen molar-refractivity contribution >= 4 is 54.8 Å². The van der Waals surface area contributed by atoms with E-state index in [1.54, 1.807) is 0 Å². The van der Waals surface area contributed by atoms with Gasteiger partial charge in [0.15, 0.2) is 175 Å². The normalized spacial score (nSPS) is 11.3. The maximum atomic E-state index is 14.4. The van der Waals surface area contributed by atoms with E-state index in [1.807, 2.05) is 0 Å². The molecular weight excluding hydrogens is 1400 g/mol. The van der Waals surface area contributed by atoms with Crippen molar-refractivity contribution in [1.82, 2.24) is 9.97 Å². The maximum absolute atomic E-state index is 14.4. The van der Waals surface area contributed by atoms with Gasteiger partial charge in [-0.3, -0.25) is 0 Å². The predicted molar refractivity (Wildman–Crippen MR) is 287 cm³/mol. The zero-order valence-corrected chi connectivity index (χ0v) is 50.1. The minimum absolute atomic E-state index is 1.03. The van der Waals surface area contributed by atoms with E-state index in [4.69, 9.17) is 4.98 Å². The molecular formula is C62H34Al2F30N2. The van der Waals surface area contributed by atoms with Gasteiger partial charge in [-0.25, -0.2) is 137 Å². The van der Waals surface area contributed by atoms with E-state index in [2.05, 4.69) is 72.6 Å². The second kappa shape index (κ2) is 31.4. The molecule has 508 valence electrons. The quantitative estimate of drug-likeness (QED) is 0.0300. The Bertz CT molecular complexity index is 3650.